The zero-order valence-electron chi connectivity index (χ0n) is 12.4. The number of aliphatic hydroxyl groups excluding tert-OH is 1. The van der Waals surface area contributed by atoms with Crippen LogP contribution in [0.15, 0.2) is 17.6 Å². The highest BCUT2D eigenvalue weighted by Gasteiger charge is 2.32. The van der Waals surface area contributed by atoms with E-state index in [1.54, 1.807) is 25.5 Å². The number of carbonyl (C=O) groups excluding carboxylic acids is 1. The van der Waals surface area contributed by atoms with Crippen LogP contribution >= 0.6 is 0 Å². The Labute approximate surface area is 122 Å². The maximum absolute atomic E-state index is 12.1. The van der Waals surface area contributed by atoms with Gasteiger partial charge in [-0.05, 0) is 32.4 Å². The minimum Gasteiger partial charge on any atom is -0.444 e. The van der Waals surface area contributed by atoms with Crippen LogP contribution in [0, 0.1) is 4.91 Å². The molecule has 0 spiro atoms. The number of nitroso groups, excluding NO2 is 1. The number of β-amino-alcohol motifs (C(OH)–C–C–N with tert-alkyl or cyclic N) is 1. The van der Waals surface area contributed by atoms with E-state index in [1.807, 2.05) is 0 Å². The van der Waals surface area contributed by atoms with Crippen molar-refractivity contribution in [3.05, 3.63) is 17.3 Å². The van der Waals surface area contributed by atoms with E-state index >= 15 is 0 Å². The average molecular weight is 296 g/mol. The first kappa shape index (κ1) is 15.4. The lowest BCUT2D eigenvalue weighted by Crippen LogP contribution is -2.48. The van der Waals surface area contributed by atoms with Crippen LogP contribution < -0.4 is 0 Å². The quantitative estimate of drug-likeness (QED) is 0.840. The maximum atomic E-state index is 12.1. The molecule has 2 atom stereocenters. The van der Waals surface area contributed by atoms with E-state index in [0.717, 1.165) is 0 Å². The van der Waals surface area contributed by atoms with Crippen molar-refractivity contribution in [2.75, 3.05) is 13.1 Å². The second kappa shape index (κ2) is 5.80. The molecule has 116 valence electrons. The van der Waals surface area contributed by atoms with Gasteiger partial charge in [0.1, 0.15) is 11.3 Å². The van der Waals surface area contributed by atoms with E-state index in [2.05, 4.69) is 10.3 Å². The highest BCUT2D eigenvalue weighted by atomic mass is 16.6. The van der Waals surface area contributed by atoms with Gasteiger partial charge in [0.15, 0.2) is 0 Å². The highest BCUT2D eigenvalue weighted by molar-refractivity contribution is 5.68. The van der Waals surface area contributed by atoms with Crippen LogP contribution in [0.4, 0.5) is 10.5 Å². The van der Waals surface area contributed by atoms with Gasteiger partial charge in [0.2, 0.25) is 0 Å². The van der Waals surface area contributed by atoms with Crippen LogP contribution in [0.1, 0.15) is 33.2 Å². The largest absolute Gasteiger partial charge is 0.444 e. The molecular weight excluding hydrogens is 276 g/mol. The number of likely N-dealkylation sites (tertiary alicyclic amines) is 1. The summed E-state index contributed by atoms with van der Waals surface area (Å²) in [5.41, 5.74) is -0.367. The summed E-state index contributed by atoms with van der Waals surface area (Å²) in [5, 5.41) is 16.8. The number of piperidine rings is 1. The molecule has 21 heavy (non-hydrogen) atoms. The molecule has 2 rings (SSSR count). The zero-order valence-corrected chi connectivity index (χ0v) is 12.4. The minimum atomic E-state index is -0.659. The van der Waals surface area contributed by atoms with Crippen molar-refractivity contribution < 1.29 is 14.6 Å². The first-order valence-electron chi connectivity index (χ1n) is 6.82. The molecule has 2 heterocycles. The summed E-state index contributed by atoms with van der Waals surface area (Å²) >= 11 is 0. The number of rotatable bonds is 2. The fourth-order valence-electron chi connectivity index (χ4n) is 2.29. The number of aliphatic hydroxyl groups is 1. The third-order valence-electron chi connectivity index (χ3n) is 3.13. The molecule has 1 aromatic heterocycles. The van der Waals surface area contributed by atoms with Gasteiger partial charge in [-0.3, -0.25) is 4.68 Å². The summed E-state index contributed by atoms with van der Waals surface area (Å²) in [4.78, 5) is 24.0. The van der Waals surface area contributed by atoms with Crippen molar-refractivity contribution in [3.63, 3.8) is 0 Å². The van der Waals surface area contributed by atoms with Crippen LogP contribution in [0.5, 0.6) is 0 Å². The number of hydrogen-bond acceptors (Lipinski definition) is 6. The fraction of sp³-hybridized carbons (Fsp3) is 0.692. The number of aromatic nitrogens is 2. The Kier molecular flexibility index (Phi) is 4.26. The van der Waals surface area contributed by atoms with Gasteiger partial charge in [-0.2, -0.15) is 5.10 Å². The highest BCUT2D eigenvalue weighted by Crippen LogP contribution is 2.24. The lowest BCUT2D eigenvalue weighted by atomic mass is 10.0. The second-order valence-corrected chi connectivity index (χ2v) is 6.20. The third-order valence-corrected chi connectivity index (χ3v) is 3.13. The summed E-state index contributed by atoms with van der Waals surface area (Å²) in [5.74, 6) is 0. The summed E-state index contributed by atoms with van der Waals surface area (Å²) in [7, 11) is 0. The molecule has 8 nitrogen and oxygen atoms in total. The van der Waals surface area contributed by atoms with Gasteiger partial charge in [0.25, 0.3) is 0 Å². The molecule has 8 heteroatoms. The van der Waals surface area contributed by atoms with E-state index in [9.17, 15) is 14.8 Å². The number of amides is 1. The van der Waals surface area contributed by atoms with E-state index in [4.69, 9.17) is 4.74 Å². The lowest BCUT2D eigenvalue weighted by Gasteiger charge is -2.36. The predicted molar refractivity (Wildman–Crippen MR) is 75.1 cm³/mol. The molecule has 1 amide bonds. The first-order chi connectivity index (χ1) is 9.78. The Bertz CT molecular complexity index is 522. The van der Waals surface area contributed by atoms with Crippen molar-refractivity contribution >= 4 is 11.8 Å². The summed E-state index contributed by atoms with van der Waals surface area (Å²) < 4.78 is 6.87. The Morgan fingerprint density at radius 2 is 2.19 bits per heavy atom. The van der Waals surface area contributed by atoms with Gasteiger partial charge in [-0.1, -0.05) is 0 Å². The Hall–Kier alpha value is -1.96. The summed E-state index contributed by atoms with van der Waals surface area (Å²) in [6.07, 6.45) is 2.19. The molecule has 0 aromatic carbocycles. The number of hydrogen-bond donors (Lipinski definition) is 1. The van der Waals surface area contributed by atoms with Crippen molar-refractivity contribution in [1.29, 1.82) is 0 Å². The Morgan fingerprint density at radius 1 is 1.48 bits per heavy atom. The fourth-order valence-corrected chi connectivity index (χ4v) is 2.29. The van der Waals surface area contributed by atoms with Gasteiger partial charge < -0.3 is 14.7 Å². The van der Waals surface area contributed by atoms with Gasteiger partial charge in [0.05, 0.1) is 31.1 Å². The molecule has 1 saturated heterocycles. The Balaban J connectivity index is 2.08. The van der Waals surface area contributed by atoms with Crippen LogP contribution in [-0.4, -0.2) is 50.7 Å². The normalized spacial score (nSPS) is 23.0. The van der Waals surface area contributed by atoms with Crippen molar-refractivity contribution in [1.82, 2.24) is 14.7 Å². The van der Waals surface area contributed by atoms with Gasteiger partial charge in [-0.25, -0.2) is 4.79 Å². The van der Waals surface area contributed by atoms with E-state index in [-0.39, 0.29) is 18.3 Å². The molecular formula is C13H20N4O4. The zero-order chi connectivity index (χ0) is 15.6. The maximum Gasteiger partial charge on any atom is 0.410 e. The van der Waals surface area contributed by atoms with Crippen molar-refractivity contribution in [2.24, 2.45) is 5.18 Å². The second-order valence-electron chi connectivity index (χ2n) is 6.20. The summed E-state index contributed by atoms with van der Waals surface area (Å²) in [6, 6.07) is -0.211. The molecule has 1 N–H and O–H groups in total. The summed E-state index contributed by atoms with van der Waals surface area (Å²) in [6.45, 7) is 5.96. The molecule has 0 radical (unpaired) electrons. The lowest BCUT2D eigenvalue weighted by molar-refractivity contribution is -0.00685. The van der Waals surface area contributed by atoms with Crippen molar-refractivity contribution in [2.45, 2.75) is 44.9 Å². The molecule has 1 fully saturated rings. The standard InChI is InChI=1S/C13H20N4O4/c1-13(2,3)21-12(19)16-7-10(4-11(18)8-16)17-6-9(15-20)5-14-17/h5-6,10-11,18H,4,7-8H2,1-3H3/t10?,11-/m0/s1. The SMILES string of the molecule is CC(C)(C)OC(=O)N1CC(n2cc(N=O)cn2)C[C@H](O)C1. The van der Waals surface area contributed by atoms with Gasteiger partial charge in [0, 0.05) is 6.54 Å². The van der Waals surface area contributed by atoms with E-state index < -0.39 is 17.8 Å². The predicted octanol–water partition coefficient (Wildman–Crippen LogP) is 1.82. The molecule has 1 aromatic rings. The molecule has 0 bridgehead atoms. The van der Waals surface area contributed by atoms with Crippen LogP contribution in [-0.2, 0) is 4.74 Å². The van der Waals surface area contributed by atoms with E-state index in [0.29, 0.717) is 13.0 Å². The molecule has 0 aliphatic carbocycles. The average Bonchev–Trinajstić information content (AvgIpc) is 2.84. The number of carbonyl (C=O) groups is 1. The number of ether oxygens (including phenoxy) is 1. The van der Waals surface area contributed by atoms with Gasteiger partial charge in [-0.15, -0.1) is 4.91 Å². The molecule has 0 saturated carbocycles. The first-order valence-corrected chi connectivity index (χ1v) is 6.82. The minimum absolute atomic E-state index is 0.211. The third kappa shape index (κ3) is 4.01. The van der Waals surface area contributed by atoms with E-state index in [1.165, 1.54) is 17.3 Å². The van der Waals surface area contributed by atoms with Crippen LogP contribution in [0.25, 0.3) is 0 Å². The molecule has 1 aliphatic rings. The van der Waals surface area contributed by atoms with Crippen LogP contribution in [0.2, 0.25) is 0 Å². The topological polar surface area (TPSA) is 97.0 Å². The molecule has 1 aliphatic heterocycles. The van der Waals surface area contributed by atoms with Gasteiger partial charge >= 0.3 is 6.09 Å². The monoisotopic (exact) mass is 296 g/mol. The molecule has 1 unspecified atom stereocenters. The Morgan fingerprint density at radius 3 is 2.76 bits per heavy atom. The van der Waals surface area contributed by atoms with Crippen LogP contribution in [0.3, 0.4) is 0 Å². The smallest absolute Gasteiger partial charge is 0.410 e. The number of nitrogens with zero attached hydrogens (tertiary/aromatic N) is 4. The van der Waals surface area contributed by atoms with Crippen molar-refractivity contribution in [3.8, 4) is 0 Å².